The number of aromatic nitrogens is 5. The molecule has 0 saturated heterocycles. The standard InChI is InChI=1S/C22H19FN6OS/c1-3-28-12-24-20-19(28)21(30)27-22(29(20)11-14-4-6-15(23)7-5-14)26-16-8-9-17-18(10-16)31-13(2)25-17/h4-10,12H,3,11H2,1-2H3,(H,26,27,30). The number of aryl methyl sites for hydroxylation is 2. The largest absolute Gasteiger partial charge is 0.325 e. The SMILES string of the molecule is CCn1cnc2c1c(=O)nc(Nc1ccc3nc(C)sc3c1)n2Cc1ccc(F)cc1. The summed E-state index contributed by atoms with van der Waals surface area (Å²) < 4.78 is 18.1. The molecule has 1 N–H and O–H groups in total. The number of benzene rings is 2. The molecular formula is C22H19FN6OS. The summed E-state index contributed by atoms with van der Waals surface area (Å²) in [6, 6.07) is 12.1. The van der Waals surface area contributed by atoms with E-state index in [0.29, 0.717) is 30.2 Å². The van der Waals surface area contributed by atoms with Crippen molar-refractivity contribution >= 4 is 44.4 Å². The summed E-state index contributed by atoms with van der Waals surface area (Å²) in [5.41, 5.74) is 3.23. The normalized spacial score (nSPS) is 11.5. The highest BCUT2D eigenvalue weighted by Gasteiger charge is 2.16. The summed E-state index contributed by atoms with van der Waals surface area (Å²) >= 11 is 1.61. The van der Waals surface area contributed by atoms with Crippen LogP contribution in [-0.4, -0.2) is 24.1 Å². The summed E-state index contributed by atoms with van der Waals surface area (Å²) in [7, 11) is 0. The van der Waals surface area contributed by atoms with Crippen LogP contribution in [0.25, 0.3) is 21.4 Å². The van der Waals surface area contributed by atoms with Gasteiger partial charge in [0.1, 0.15) is 5.82 Å². The molecule has 0 saturated carbocycles. The summed E-state index contributed by atoms with van der Waals surface area (Å²) in [6.07, 6.45) is 1.64. The number of hydrogen-bond acceptors (Lipinski definition) is 6. The Labute approximate surface area is 180 Å². The van der Waals surface area contributed by atoms with Gasteiger partial charge < -0.3 is 9.88 Å². The Hall–Kier alpha value is -3.59. The molecule has 7 nitrogen and oxygen atoms in total. The number of hydrogen-bond donors (Lipinski definition) is 1. The topological polar surface area (TPSA) is 77.6 Å². The molecule has 5 rings (SSSR count). The Morgan fingerprint density at radius 1 is 1.13 bits per heavy atom. The third-order valence-electron chi connectivity index (χ3n) is 5.09. The number of anilines is 2. The molecule has 0 amide bonds. The molecular weight excluding hydrogens is 415 g/mol. The molecule has 3 aromatic heterocycles. The van der Waals surface area contributed by atoms with Crippen molar-refractivity contribution in [2.75, 3.05) is 5.32 Å². The first kappa shape index (κ1) is 19.4. The minimum atomic E-state index is -0.345. The lowest BCUT2D eigenvalue weighted by Crippen LogP contribution is -2.20. The van der Waals surface area contributed by atoms with Crippen LogP contribution in [0.1, 0.15) is 17.5 Å². The maximum Gasteiger partial charge on any atom is 0.300 e. The van der Waals surface area contributed by atoms with Gasteiger partial charge in [-0.05, 0) is 49.7 Å². The zero-order valence-electron chi connectivity index (χ0n) is 17.0. The van der Waals surface area contributed by atoms with Crippen LogP contribution < -0.4 is 10.9 Å². The highest BCUT2D eigenvalue weighted by atomic mass is 32.1. The third kappa shape index (κ3) is 3.57. The van der Waals surface area contributed by atoms with Crippen LogP contribution in [0.15, 0.2) is 53.6 Å². The quantitative estimate of drug-likeness (QED) is 0.442. The molecule has 0 spiro atoms. The van der Waals surface area contributed by atoms with Gasteiger partial charge in [-0.1, -0.05) is 12.1 Å². The van der Waals surface area contributed by atoms with Crippen molar-refractivity contribution in [3.8, 4) is 0 Å². The lowest BCUT2D eigenvalue weighted by molar-refractivity contribution is 0.626. The van der Waals surface area contributed by atoms with Gasteiger partial charge in [0.2, 0.25) is 5.95 Å². The fraction of sp³-hybridized carbons (Fsp3) is 0.182. The van der Waals surface area contributed by atoms with E-state index in [1.54, 1.807) is 34.4 Å². The molecule has 0 aliphatic rings. The van der Waals surface area contributed by atoms with Crippen LogP contribution in [0.5, 0.6) is 0 Å². The van der Waals surface area contributed by atoms with Crippen molar-refractivity contribution < 1.29 is 4.39 Å². The second kappa shape index (κ2) is 7.59. The Morgan fingerprint density at radius 2 is 1.94 bits per heavy atom. The molecule has 2 aromatic carbocycles. The number of nitrogens with one attached hydrogen (secondary N) is 1. The van der Waals surface area contributed by atoms with Crippen LogP contribution in [-0.2, 0) is 13.1 Å². The fourth-order valence-electron chi connectivity index (χ4n) is 3.60. The summed E-state index contributed by atoms with van der Waals surface area (Å²) in [5, 5.41) is 4.26. The molecule has 0 fully saturated rings. The Bertz CT molecular complexity index is 1470. The predicted octanol–water partition coefficient (Wildman–Crippen LogP) is 4.46. The number of rotatable bonds is 5. The molecule has 31 heavy (non-hydrogen) atoms. The van der Waals surface area contributed by atoms with Gasteiger partial charge >= 0.3 is 5.56 Å². The number of imidazole rings is 1. The number of fused-ring (bicyclic) bond motifs is 2. The summed E-state index contributed by atoms with van der Waals surface area (Å²) in [6.45, 7) is 4.91. The first-order valence-corrected chi connectivity index (χ1v) is 10.7. The second-order valence-corrected chi connectivity index (χ2v) is 8.43. The van der Waals surface area contributed by atoms with Crippen molar-refractivity contribution in [3.63, 3.8) is 0 Å². The van der Waals surface area contributed by atoms with E-state index in [9.17, 15) is 9.18 Å². The molecule has 0 aliphatic heterocycles. The Kier molecular flexibility index (Phi) is 4.74. The maximum atomic E-state index is 13.4. The molecule has 0 aliphatic carbocycles. The molecule has 156 valence electrons. The van der Waals surface area contributed by atoms with Crippen molar-refractivity contribution in [1.29, 1.82) is 0 Å². The highest BCUT2D eigenvalue weighted by molar-refractivity contribution is 7.18. The van der Waals surface area contributed by atoms with Gasteiger partial charge in [0.15, 0.2) is 11.2 Å². The van der Waals surface area contributed by atoms with Crippen LogP contribution in [0.2, 0.25) is 0 Å². The number of thiazole rings is 1. The lowest BCUT2D eigenvalue weighted by Gasteiger charge is -2.15. The smallest absolute Gasteiger partial charge is 0.300 e. The van der Waals surface area contributed by atoms with Crippen molar-refractivity contribution in [2.45, 2.75) is 26.9 Å². The molecule has 3 heterocycles. The Balaban J connectivity index is 1.64. The third-order valence-corrected chi connectivity index (χ3v) is 6.02. The van der Waals surface area contributed by atoms with Crippen LogP contribution >= 0.6 is 11.3 Å². The zero-order valence-corrected chi connectivity index (χ0v) is 17.8. The van der Waals surface area contributed by atoms with Crippen LogP contribution in [0.4, 0.5) is 16.0 Å². The predicted molar refractivity (Wildman–Crippen MR) is 121 cm³/mol. The first-order valence-electron chi connectivity index (χ1n) is 9.86. The molecule has 0 radical (unpaired) electrons. The van der Waals surface area contributed by atoms with E-state index in [1.165, 1.54) is 12.1 Å². The summed E-state index contributed by atoms with van der Waals surface area (Å²) in [4.78, 5) is 26.1. The van der Waals surface area contributed by atoms with E-state index in [1.807, 2.05) is 36.6 Å². The number of halogens is 1. The highest BCUT2D eigenvalue weighted by Crippen LogP contribution is 2.27. The minimum Gasteiger partial charge on any atom is -0.325 e. The average Bonchev–Trinajstić information content (AvgIpc) is 3.35. The van der Waals surface area contributed by atoms with Crippen molar-refractivity contribution in [2.24, 2.45) is 0 Å². The minimum absolute atomic E-state index is 0.298. The van der Waals surface area contributed by atoms with Gasteiger partial charge in [0.25, 0.3) is 0 Å². The molecule has 0 atom stereocenters. The van der Waals surface area contributed by atoms with Gasteiger partial charge in [-0.25, -0.2) is 14.4 Å². The van der Waals surface area contributed by atoms with Gasteiger partial charge in [-0.15, -0.1) is 11.3 Å². The molecule has 5 aromatic rings. The zero-order chi connectivity index (χ0) is 21.5. The van der Waals surface area contributed by atoms with Gasteiger partial charge in [0, 0.05) is 12.2 Å². The average molecular weight is 435 g/mol. The van der Waals surface area contributed by atoms with E-state index < -0.39 is 0 Å². The van der Waals surface area contributed by atoms with E-state index >= 15 is 0 Å². The van der Waals surface area contributed by atoms with Crippen LogP contribution in [0, 0.1) is 12.7 Å². The van der Waals surface area contributed by atoms with E-state index in [-0.39, 0.29) is 11.4 Å². The lowest BCUT2D eigenvalue weighted by atomic mass is 10.2. The van der Waals surface area contributed by atoms with Crippen molar-refractivity contribution in [3.05, 3.63) is 75.5 Å². The van der Waals surface area contributed by atoms with E-state index in [4.69, 9.17) is 0 Å². The molecule has 0 unspecified atom stereocenters. The number of nitrogens with zero attached hydrogens (tertiary/aromatic N) is 5. The van der Waals surface area contributed by atoms with Gasteiger partial charge in [0.05, 0.1) is 28.1 Å². The molecule has 9 heteroatoms. The van der Waals surface area contributed by atoms with Gasteiger partial charge in [-0.3, -0.25) is 9.36 Å². The fourth-order valence-corrected chi connectivity index (χ4v) is 4.47. The summed E-state index contributed by atoms with van der Waals surface area (Å²) in [5.74, 6) is 0.0810. The van der Waals surface area contributed by atoms with Crippen molar-refractivity contribution in [1.82, 2.24) is 24.1 Å². The van der Waals surface area contributed by atoms with E-state index in [2.05, 4.69) is 20.3 Å². The second-order valence-electron chi connectivity index (χ2n) is 7.20. The first-order chi connectivity index (χ1) is 15.0. The van der Waals surface area contributed by atoms with Gasteiger partial charge in [-0.2, -0.15) is 4.98 Å². The molecule has 0 bridgehead atoms. The monoisotopic (exact) mass is 434 g/mol. The maximum absolute atomic E-state index is 13.4. The van der Waals surface area contributed by atoms with E-state index in [0.717, 1.165) is 26.5 Å². The Morgan fingerprint density at radius 3 is 2.71 bits per heavy atom. The van der Waals surface area contributed by atoms with Crippen LogP contribution in [0.3, 0.4) is 0 Å².